The normalized spacial score (nSPS) is 23.2. The molecule has 2 rings (SSSR count). The lowest BCUT2D eigenvalue weighted by Crippen LogP contribution is -2.43. The second-order valence-corrected chi connectivity index (χ2v) is 6.40. The van der Waals surface area contributed by atoms with Gasteiger partial charge in [-0.1, -0.05) is 0 Å². The molecule has 2 heterocycles. The Hall–Kier alpha value is 0.0600. The van der Waals surface area contributed by atoms with Gasteiger partial charge in [-0.25, -0.2) is 0 Å². The summed E-state index contributed by atoms with van der Waals surface area (Å²) in [6.45, 7) is 5.65. The monoisotopic (exact) mass is 332 g/mol. The zero-order chi connectivity index (χ0) is 13.0. The van der Waals surface area contributed by atoms with E-state index < -0.39 is 0 Å². The van der Waals surface area contributed by atoms with Gasteiger partial charge in [-0.15, -0.1) is 11.3 Å². The van der Waals surface area contributed by atoms with Crippen LogP contribution in [0.3, 0.4) is 0 Å². The molecular formula is C13H21BrN2OS. The van der Waals surface area contributed by atoms with Crippen LogP contribution in [-0.4, -0.2) is 37.2 Å². The average Bonchev–Trinajstić information content (AvgIpc) is 2.78. The minimum Gasteiger partial charge on any atom is -0.377 e. The molecule has 2 N–H and O–H groups in total. The number of piperidine rings is 1. The molecule has 0 saturated carbocycles. The predicted molar refractivity (Wildman–Crippen MR) is 80.0 cm³/mol. The molecule has 0 bridgehead atoms. The Morgan fingerprint density at radius 1 is 1.67 bits per heavy atom. The van der Waals surface area contributed by atoms with Crippen LogP contribution in [0.1, 0.15) is 30.7 Å². The summed E-state index contributed by atoms with van der Waals surface area (Å²) in [4.78, 5) is 3.81. The Bertz CT molecular complexity index is 370. The van der Waals surface area contributed by atoms with E-state index in [2.05, 4.69) is 39.2 Å². The lowest BCUT2D eigenvalue weighted by molar-refractivity contribution is -0.00623. The van der Waals surface area contributed by atoms with Crippen molar-refractivity contribution in [3.8, 4) is 0 Å². The third-order valence-corrected chi connectivity index (χ3v) is 5.40. The highest BCUT2D eigenvalue weighted by Gasteiger charge is 2.28. The molecule has 1 aromatic heterocycles. The summed E-state index contributed by atoms with van der Waals surface area (Å²) >= 11 is 5.40. The van der Waals surface area contributed by atoms with Gasteiger partial charge in [0.2, 0.25) is 0 Å². The van der Waals surface area contributed by atoms with Gasteiger partial charge in [-0.3, -0.25) is 4.90 Å². The summed E-state index contributed by atoms with van der Waals surface area (Å²) in [7, 11) is 0. The molecule has 1 aliphatic heterocycles. The number of thiophene rings is 1. The number of likely N-dealkylation sites (tertiary alicyclic amines) is 1. The van der Waals surface area contributed by atoms with Crippen molar-refractivity contribution in [2.45, 2.75) is 31.9 Å². The molecular weight excluding hydrogens is 312 g/mol. The van der Waals surface area contributed by atoms with Crippen LogP contribution in [0.5, 0.6) is 0 Å². The topological polar surface area (TPSA) is 38.5 Å². The van der Waals surface area contributed by atoms with Crippen LogP contribution in [0.25, 0.3) is 0 Å². The van der Waals surface area contributed by atoms with Crippen molar-refractivity contribution >= 4 is 27.3 Å². The van der Waals surface area contributed by atoms with Crippen LogP contribution in [0.4, 0.5) is 0 Å². The highest BCUT2D eigenvalue weighted by atomic mass is 79.9. The molecule has 0 aliphatic carbocycles. The molecule has 2 atom stereocenters. The first-order valence-corrected chi connectivity index (χ1v) is 8.22. The highest BCUT2D eigenvalue weighted by Crippen LogP contribution is 2.33. The van der Waals surface area contributed by atoms with Gasteiger partial charge in [-0.2, -0.15) is 0 Å². The van der Waals surface area contributed by atoms with Crippen LogP contribution < -0.4 is 5.73 Å². The number of hydrogen-bond acceptors (Lipinski definition) is 4. The Kier molecular flexibility index (Phi) is 5.63. The van der Waals surface area contributed by atoms with Crippen molar-refractivity contribution in [3.63, 3.8) is 0 Å². The number of hydrogen-bond donors (Lipinski definition) is 1. The van der Waals surface area contributed by atoms with E-state index in [0.29, 0.717) is 18.7 Å². The Morgan fingerprint density at radius 2 is 2.50 bits per heavy atom. The number of ether oxygens (including phenoxy) is 1. The van der Waals surface area contributed by atoms with Crippen molar-refractivity contribution in [1.29, 1.82) is 0 Å². The molecule has 18 heavy (non-hydrogen) atoms. The van der Waals surface area contributed by atoms with Crippen LogP contribution in [0.2, 0.25) is 0 Å². The van der Waals surface area contributed by atoms with Crippen LogP contribution in [-0.2, 0) is 4.74 Å². The van der Waals surface area contributed by atoms with Gasteiger partial charge >= 0.3 is 0 Å². The third-order valence-electron chi connectivity index (χ3n) is 3.42. The summed E-state index contributed by atoms with van der Waals surface area (Å²) in [6.07, 6.45) is 2.74. The van der Waals surface area contributed by atoms with Crippen molar-refractivity contribution in [2.24, 2.45) is 5.73 Å². The largest absolute Gasteiger partial charge is 0.377 e. The zero-order valence-corrected chi connectivity index (χ0v) is 13.2. The summed E-state index contributed by atoms with van der Waals surface area (Å²) in [5.74, 6) is 0. The predicted octanol–water partition coefficient (Wildman–Crippen LogP) is 3.01. The lowest BCUT2D eigenvalue weighted by Gasteiger charge is -2.37. The number of rotatable bonds is 5. The maximum Gasteiger partial charge on any atom is 0.0702 e. The van der Waals surface area contributed by atoms with Gasteiger partial charge < -0.3 is 10.5 Å². The van der Waals surface area contributed by atoms with Gasteiger partial charge in [0, 0.05) is 29.0 Å². The Balaban J connectivity index is 2.06. The van der Waals surface area contributed by atoms with Crippen molar-refractivity contribution in [3.05, 3.63) is 20.8 Å². The highest BCUT2D eigenvalue weighted by molar-refractivity contribution is 9.10. The summed E-state index contributed by atoms with van der Waals surface area (Å²) < 4.78 is 6.95. The molecule has 5 heteroatoms. The molecule has 0 radical (unpaired) electrons. The van der Waals surface area contributed by atoms with E-state index in [9.17, 15) is 0 Å². The first kappa shape index (κ1) is 14.5. The Labute approximate surface area is 121 Å². The first-order valence-electron chi connectivity index (χ1n) is 6.54. The summed E-state index contributed by atoms with van der Waals surface area (Å²) in [5, 5.41) is 2.12. The standard InChI is InChI=1S/C13H21BrN2OS/c1-2-17-10-4-3-6-16(9-10)12(8-15)13-11(14)5-7-18-13/h5,7,10,12H,2-4,6,8-9,15H2,1H3. The fourth-order valence-electron chi connectivity index (χ4n) is 2.59. The van der Waals surface area contributed by atoms with Crippen LogP contribution in [0.15, 0.2) is 15.9 Å². The SMILES string of the molecule is CCOC1CCCN(C(CN)c2sccc2Br)C1. The Morgan fingerprint density at radius 3 is 3.11 bits per heavy atom. The van der Waals surface area contributed by atoms with E-state index in [1.54, 1.807) is 11.3 Å². The van der Waals surface area contributed by atoms with E-state index in [1.807, 2.05) is 0 Å². The van der Waals surface area contributed by atoms with Crippen LogP contribution in [0, 0.1) is 0 Å². The number of halogens is 1. The van der Waals surface area contributed by atoms with Gasteiger partial charge in [0.25, 0.3) is 0 Å². The van der Waals surface area contributed by atoms with E-state index in [-0.39, 0.29) is 0 Å². The molecule has 2 unspecified atom stereocenters. The molecule has 0 spiro atoms. The van der Waals surface area contributed by atoms with E-state index in [4.69, 9.17) is 10.5 Å². The number of nitrogens with zero attached hydrogens (tertiary/aromatic N) is 1. The van der Waals surface area contributed by atoms with Crippen molar-refractivity contribution in [1.82, 2.24) is 4.90 Å². The maximum atomic E-state index is 5.99. The average molecular weight is 333 g/mol. The smallest absolute Gasteiger partial charge is 0.0702 e. The fraction of sp³-hybridized carbons (Fsp3) is 0.692. The molecule has 1 aromatic rings. The molecule has 1 aliphatic rings. The molecule has 1 saturated heterocycles. The fourth-order valence-corrected chi connectivity index (χ4v) is 4.37. The number of nitrogens with two attached hydrogens (primary N) is 1. The molecule has 102 valence electrons. The van der Waals surface area contributed by atoms with E-state index >= 15 is 0 Å². The quantitative estimate of drug-likeness (QED) is 0.900. The molecule has 0 amide bonds. The second-order valence-electron chi connectivity index (χ2n) is 4.60. The summed E-state index contributed by atoms with van der Waals surface area (Å²) in [5.41, 5.74) is 5.99. The van der Waals surface area contributed by atoms with Crippen molar-refractivity contribution in [2.75, 3.05) is 26.2 Å². The van der Waals surface area contributed by atoms with E-state index in [1.165, 1.54) is 22.2 Å². The first-order chi connectivity index (χ1) is 8.76. The van der Waals surface area contributed by atoms with Crippen molar-refractivity contribution < 1.29 is 4.74 Å². The minimum atomic E-state index is 0.322. The molecule has 1 fully saturated rings. The third kappa shape index (κ3) is 3.33. The van der Waals surface area contributed by atoms with Gasteiger partial charge in [0.05, 0.1) is 12.1 Å². The molecule has 3 nitrogen and oxygen atoms in total. The van der Waals surface area contributed by atoms with Gasteiger partial charge in [0.15, 0.2) is 0 Å². The lowest BCUT2D eigenvalue weighted by atomic mass is 10.0. The summed E-state index contributed by atoms with van der Waals surface area (Å²) in [6, 6.07) is 2.43. The minimum absolute atomic E-state index is 0.322. The van der Waals surface area contributed by atoms with Gasteiger partial charge in [-0.05, 0) is 53.7 Å². The maximum absolute atomic E-state index is 5.99. The van der Waals surface area contributed by atoms with Crippen LogP contribution >= 0.6 is 27.3 Å². The molecule has 0 aromatic carbocycles. The van der Waals surface area contributed by atoms with Gasteiger partial charge in [0.1, 0.15) is 0 Å². The second kappa shape index (κ2) is 7.01. The zero-order valence-electron chi connectivity index (χ0n) is 10.8. The van der Waals surface area contributed by atoms with E-state index in [0.717, 1.165) is 19.7 Å².